The van der Waals surface area contributed by atoms with Gasteiger partial charge in [0.15, 0.2) is 0 Å². The van der Waals surface area contributed by atoms with Crippen molar-refractivity contribution < 1.29 is 0 Å². The Bertz CT molecular complexity index is 953. The van der Waals surface area contributed by atoms with E-state index in [-0.39, 0.29) is 0 Å². The quantitative estimate of drug-likeness (QED) is 0.564. The van der Waals surface area contributed by atoms with E-state index in [2.05, 4.69) is 44.8 Å². The molecule has 4 aromatic rings. The van der Waals surface area contributed by atoms with Crippen molar-refractivity contribution in [2.24, 2.45) is 0 Å². The van der Waals surface area contributed by atoms with Gasteiger partial charge in [0.2, 0.25) is 0 Å². The Labute approximate surface area is 140 Å². The Hall–Kier alpha value is -2.95. The summed E-state index contributed by atoms with van der Waals surface area (Å²) in [6, 6.07) is 10.3. The van der Waals surface area contributed by atoms with E-state index in [1.165, 1.54) is 5.56 Å². The second kappa shape index (κ2) is 6.28. The van der Waals surface area contributed by atoms with Crippen molar-refractivity contribution in [3.63, 3.8) is 0 Å². The molecule has 0 fully saturated rings. The van der Waals surface area contributed by atoms with Crippen LogP contribution in [-0.2, 0) is 13.1 Å². The molecule has 4 rings (SSSR count). The standard InChI is InChI=1S/C19H19N5/c1-15-6-7-17(16-5-2-8-20-18(15)16)19-21-10-14-23(19)11-4-13-24-12-3-9-22-24/h2-3,5-10,12,14H,4,11,13H2,1H3. The van der Waals surface area contributed by atoms with Crippen LogP contribution in [0.3, 0.4) is 0 Å². The molecule has 5 heteroatoms. The molecule has 0 radical (unpaired) electrons. The van der Waals surface area contributed by atoms with E-state index < -0.39 is 0 Å². The predicted octanol–water partition coefficient (Wildman–Crippen LogP) is 3.69. The van der Waals surface area contributed by atoms with Gasteiger partial charge in [-0.05, 0) is 31.0 Å². The molecular formula is C19H19N5. The van der Waals surface area contributed by atoms with Crippen molar-refractivity contribution in [3.05, 3.63) is 66.9 Å². The molecule has 1 aromatic carbocycles. The fourth-order valence-electron chi connectivity index (χ4n) is 3.08. The Kier molecular flexibility index (Phi) is 3.83. The van der Waals surface area contributed by atoms with Gasteiger partial charge in [0.1, 0.15) is 5.82 Å². The molecule has 120 valence electrons. The summed E-state index contributed by atoms with van der Waals surface area (Å²) >= 11 is 0. The minimum absolute atomic E-state index is 0.904. The molecular weight excluding hydrogens is 298 g/mol. The SMILES string of the molecule is Cc1ccc(-c2nccn2CCCn2cccn2)c2cccnc12. The Morgan fingerprint density at radius 2 is 1.88 bits per heavy atom. The summed E-state index contributed by atoms with van der Waals surface area (Å²) in [5.74, 6) is 0.994. The van der Waals surface area contributed by atoms with Crippen LogP contribution in [0, 0.1) is 6.92 Å². The van der Waals surface area contributed by atoms with E-state index >= 15 is 0 Å². The summed E-state index contributed by atoms with van der Waals surface area (Å²) < 4.78 is 4.17. The van der Waals surface area contributed by atoms with E-state index in [1.807, 2.05) is 47.8 Å². The lowest BCUT2D eigenvalue weighted by Gasteiger charge is -2.11. The Morgan fingerprint density at radius 3 is 2.75 bits per heavy atom. The first-order chi connectivity index (χ1) is 11.8. The van der Waals surface area contributed by atoms with Crippen LogP contribution in [0.5, 0.6) is 0 Å². The Morgan fingerprint density at radius 1 is 0.917 bits per heavy atom. The van der Waals surface area contributed by atoms with Gasteiger partial charge in [-0.15, -0.1) is 0 Å². The van der Waals surface area contributed by atoms with Crippen molar-refractivity contribution in [3.8, 4) is 11.4 Å². The highest BCUT2D eigenvalue weighted by Gasteiger charge is 2.11. The van der Waals surface area contributed by atoms with Crippen LogP contribution in [0.1, 0.15) is 12.0 Å². The number of benzene rings is 1. The fourth-order valence-corrected chi connectivity index (χ4v) is 3.08. The fraction of sp³-hybridized carbons (Fsp3) is 0.211. The van der Waals surface area contributed by atoms with E-state index in [0.717, 1.165) is 41.8 Å². The first kappa shape index (κ1) is 14.6. The molecule has 0 aliphatic rings. The van der Waals surface area contributed by atoms with Crippen LogP contribution in [-0.4, -0.2) is 24.3 Å². The maximum Gasteiger partial charge on any atom is 0.140 e. The van der Waals surface area contributed by atoms with E-state index in [0.29, 0.717) is 0 Å². The number of fused-ring (bicyclic) bond motifs is 1. The zero-order valence-corrected chi connectivity index (χ0v) is 13.6. The van der Waals surface area contributed by atoms with Gasteiger partial charge < -0.3 is 4.57 Å². The topological polar surface area (TPSA) is 48.5 Å². The highest BCUT2D eigenvalue weighted by Crippen LogP contribution is 2.28. The number of nitrogens with zero attached hydrogens (tertiary/aromatic N) is 5. The number of aryl methyl sites for hydroxylation is 3. The number of pyridine rings is 1. The average molecular weight is 317 g/mol. The first-order valence-corrected chi connectivity index (χ1v) is 8.16. The molecule has 5 nitrogen and oxygen atoms in total. The third-order valence-electron chi connectivity index (χ3n) is 4.27. The number of hydrogen-bond acceptors (Lipinski definition) is 3. The number of aromatic nitrogens is 5. The van der Waals surface area contributed by atoms with Crippen LogP contribution in [0.25, 0.3) is 22.3 Å². The third kappa shape index (κ3) is 2.69. The second-order valence-electron chi connectivity index (χ2n) is 5.90. The van der Waals surface area contributed by atoms with Gasteiger partial charge in [-0.1, -0.05) is 18.2 Å². The minimum Gasteiger partial charge on any atom is -0.331 e. The molecule has 0 N–H and O–H groups in total. The highest BCUT2D eigenvalue weighted by atomic mass is 15.3. The van der Waals surface area contributed by atoms with Crippen molar-refractivity contribution in [1.29, 1.82) is 0 Å². The van der Waals surface area contributed by atoms with Gasteiger partial charge in [-0.3, -0.25) is 9.67 Å². The van der Waals surface area contributed by atoms with E-state index in [4.69, 9.17) is 0 Å². The summed E-state index contributed by atoms with van der Waals surface area (Å²) in [5.41, 5.74) is 3.36. The zero-order chi connectivity index (χ0) is 16.4. The molecule has 0 bridgehead atoms. The van der Waals surface area contributed by atoms with Gasteiger partial charge in [0.25, 0.3) is 0 Å². The number of rotatable bonds is 5. The van der Waals surface area contributed by atoms with Crippen LogP contribution in [0.2, 0.25) is 0 Å². The van der Waals surface area contributed by atoms with Gasteiger partial charge in [-0.25, -0.2) is 4.98 Å². The van der Waals surface area contributed by atoms with Crippen LogP contribution in [0.15, 0.2) is 61.3 Å². The average Bonchev–Trinajstić information content (AvgIpc) is 3.28. The van der Waals surface area contributed by atoms with E-state index in [9.17, 15) is 0 Å². The maximum absolute atomic E-state index is 4.59. The second-order valence-corrected chi connectivity index (χ2v) is 5.90. The molecule has 0 aliphatic heterocycles. The van der Waals surface area contributed by atoms with Crippen molar-refractivity contribution in [2.75, 3.05) is 0 Å². The largest absolute Gasteiger partial charge is 0.331 e. The van der Waals surface area contributed by atoms with Crippen LogP contribution >= 0.6 is 0 Å². The lowest BCUT2D eigenvalue weighted by molar-refractivity contribution is 0.529. The number of imidazole rings is 1. The zero-order valence-electron chi connectivity index (χ0n) is 13.6. The molecule has 0 aliphatic carbocycles. The highest BCUT2D eigenvalue weighted by molar-refractivity contribution is 5.94. The van der Waals surface area contributed by atoms with Crippen molar-refractivity contribution >= 4 is 10.9 Å². The van der Waals surface area contributed by atoms with Gasteiger partial charge in [-0.2, -0.15) is 5.10 Å². The van der Waals surface area contributed by atoms with E-state index in [1.54, 1.807) is 0 Å². The monoisotopic (exact) mass is 317 g/mol. The van der Waals surface area contributed by atoms with Crippen molar-refractivity contribution in [2.45, 2.75) is 26.4 Å². The van der Waals surface area contributed by atoms with Crippen LogP contribution in [0.4, 0.5) is 0 Å². The third-order valence-corrected chi connectivity index (χ3v) is 4.27. The minimum atomic E-state index is 0.904. The van der Waals surface area contributed by atoms with Crippen molar-refractivity contribution in [1.82, 2.24) is 24.3 Å². The molecule has 3 aromatic heterocycles. The molecule has 3 heterocycles. The number of hydrogen-bond donors (Lipinski definition) is 0. The normalized spacial score (nSPS) is 11.2. The smallest absolute Gasteiger partial charge is 0.140 e. The van der Waals surface area contributed by atoms with Crippen LogP contribution < -0.4 is 0 Å². The summed E-state index contributed by atoms with van der Waals surface area (Å²) in [6.07, 6.45) is 10.6. The summed E-state index contributed by atoms with van der Waals surface area (Å²) in [7, 11) is 0. The van der Waals surface area contributed by atoms with Gasteiger partial charge in [0.05, 0.1) is 5.52 Å². The maximum atomic E-state index is 4.59. The molecule has 0 spiro atoms. The Balaban J connectivity index is 1.64. The summed E-state index contributed by atoms with van der Waals surface area (Å²) in [5, 5.41) is 5.40. The predicted molar refractivity (Wildman–Crippen MR) is 94.5 cm³/mol. The molecule has 0 saturated heterocycles. The molecule has 0 saturated carbocycles. The summed E-state index contributed by atoms with van der Waals surface area (Å²) in [6.45, 7) is 3.90. The lowest BCUT2D eigenvalue weighted by atomic mass is 10.0. The molecule has 0 unspecified atom stereocenters. The summed E-state index contributed by atoms with van der Waals surface area (Å²) in [4.78, 5) is 9.12. The molecule has 0 amide bonds. The molecule has 0 atom stereocenters. The van der Waals surface area contributed by atoms with Gasteiger partial charge >= 0.3 is 0 Å². The molecule has 24 heavy (non-hydrogen) atoms. The van der Waals surface area contributed by atoms with Gasteiger partial charge in [0, 0.05) is 55.0 Å². The first-order valence-electron chi connectivity index (χ1n) is 8.16. The lowest BCUT2D eigenvalue weighted by Crippen LogP contribution is -2.05.